The summed E-state index contributed by atoms with van der Waals surface area (Å²) >= 11 is 6.10. The highest BCUT2D eigenvalue weighted by Crippen LogP contribution is 2.36. The van der Waals surface area contributed by atoms with Crippen LogP contribution in [0.1, 0.15) is 52.7 Å². The zero-order valence-electron chi connectivity index (χ0n) is 10.9. The first-order valence-electron chi connectivity index (χ1n) is 5.53. The van der Waals surface area contributed by atoms with Gasteiger partial charge in [-0.2, -0.15) is 0 Å². The van der Waals surface area contributed by atoms with Crippen molar-refractivity contribution >= 4 is 38.5 Å². The first-order chi connectivity index (χ1) is 7.03. The van der Waals surface area contributed by atoms with Crippen molar-refractivity contribution in [3.8, 4) is 0 Å². The third kappa shape index (κ3) is 3.22. The van der Waals surface area contributed by atoms with Gasteiger partial charge in [0.15, 0.2) is 0 Å². The van der Waals surface area contributed by atoms with Crippen LogP contribution in [0.3, 0.4) is 0 Å². The molecule has 0 aromatic heterocycles. The van der Waals surface area contributed by atoms with Crippen LogP contribution >= 0.6 is 38.5 Å². The second-order valence-electron chi connectivity index (χ2n) is 6.32. The van der Waals surface area contributed by atoms with Crippen molar-refractivity contribution in [3.63, 3.8) is 0 Å². The van der Waals surface area contributed by atoms with Crippen LogP contribution in [0.5, 0.6) is 0 Å². The van der Waals surface area contributed by atoms with Crippen molar-refractivity contribution < 1.29 is 0 Å². The molecule has 1 aromatic carbocycles. The van der Waals surface area contributed by atoms with Crippen LogP contribution in [-0.2, 0) is 10.8 Å². The quantitative estimate of drug-likeness (QED) is 0.499. The Hall–Kier alpha value is 0.430. The lowest BCUT2D eigenvalue weighted by molar-refractivity contribution is 0.565. The summed E-state index contributed by atoms with van der Waals surface area (Å²) in [4.78, 5) is 0. The molecule has 0 aliphatic rings. The molecule has 90 valence electrons. The molecular weight excluding hydrogens is 375 g/mol. The van der Waals surface area contributed by atoms with Gasteiger partial charge in [-0.3, -0.25) is 0 Å². The van der Waals surface area contributed by atoms with Crippen molar-refractivity contribution in [1.82, 2.24) is 0 Å². The Morgan fingerprint density at radius 1 is 0.938 bits per heavy atom. The molecule has 0 unspecified atom stereocenters. The molecule has 0 fully saturated rings. The zero-order chi connectivity index (χ0) is 12.7. The Bertz CT molecular complexity index is 394. The lowest BCUT2D eigenvalue weighted by Crippen LogP contribution is -2.18. The molecule has 0 saturated heterocycles. The van der Waals surface area contributed by atoms with Gasteiger partial charge in [0, 0.05) is 8.04 Å². The largest absolute Gasteiger partial charge is 0.0561 e. The molecule has 0 aliphatic heterocycles. The standard InChI is InChI=1S/C14H20BrI/c1-13(2,3)9-7-10(14(4,5)6)12(16)11(15)8-9/h7-8H,1-6H3. The van der Waals surface area contributed by atoms with Gasteiger partial charge in [0.05, 0.1) is 0 Å². The molecule has 1 aromatic rings. The van der Waals surface area contributed by atoms with E-state index in [1.54, 1.807) is 0 Å². The molecule has 0 bridgehead atoms. The van der Waals surface area contributed by atoms with Crippen LogP contribution in [0, 0.1) is 3.57 Å². The van der Waals surface area contributed by atoms with Gasteiger partial charge in [-0.1, -0.05) is 47.6 Å². The van der Waals surface area contributed by atoms with Crippen LogP contribution in [0.25, 0.3) is 0 Å². The van der Waals surface area contributed by atoms with Gasteiger partial charge in [0.1, 0.15) is 0 Å². The molecule has 0 radical (unpaired) electrons. The lowest BCUT2D eigenvalue weighted by Gasteiger charge is -2.27. The maximum atomic E-state index is 3.67. The van der Waals surface area contributed by atoms with Crippen LogP contribution < -0.4 is 0 Å². The Morgan fingerprint density at radius 3 is 1.81 bits per heavy atom. The fourth-order valence-electron chi connectivity index (χ4n) is 1.57. The summed E-state index contributed by atoms with van der Waals surface area (Å²) in [6, 6.07) is 4.60. The molecule has 0 spiro atoms. The van der Waals surface area contributed by atoms with Crippen LogP contribution in [-0.4, -0.2) is 0 Å². The summed E-state index contributed by atoms with van der Waals surface area (Å²) in [7, 11) is 0. The van der Waals surface area contributed by atoms with E-state index in [2.05, 4.69) is 92.2 Å². The van der Waals surface area contributed by atoms with E-state index in [0.717, 1.165) is 0 Å². The monoisotopic (exact) mass is 394 g/mol. The van der Waals surface area contributed by atoms with Crippen molar-refractivity contribution in [2.75, 3.05) is 0 Å². The highest BCUT2D eigenvalue weighted by atomic mass is 127. The van der Waals surface area contributed by atoms with Crippen molar-refractivity contribution in [2.45, 2.75) is 52.4 Å². The minimum Gasteiger partial charge on any atom is -0.0561 e. The summed E-state index contributed by atoms with van der Waals surface area (Å²) in [6.45, 7) is 13.6. The predicted molar refractivity (Wildman–Crippen MR) is 84.3 cm³/mol. The number of benzene rings is 1. The number of rotatable bonds is 0. The van der Waals surface area contributed by atoms with Crippen LogP contribution in [0.2, 0.25) is 0 Å². The summed E-state index contributed by atoms with van der Waals surface area (Å²) in [5.41, 5.74) is 3.21. The van der Waals surface area contributed by atoms with E-state index in [4.69, 9.17) is 0 Å². The first-order valence-corrected chi connectivity index (χ1v) is 7.40. The summed E-state index contributed by atoms with van der Waals surface area (Å²) < 4.78 is 2.54. The Morgan fingerprint density at radius 2 is 1.44 bits per heavy atom. The van der Waals surface area contributed by atoms with Gasteiger partial charge in [-0.05, 0) is 66.5 Å². The summed E-state index contributed by atoms with van der Waals surface area (Å²) in [5.74, 6) is 0. The van der Waals surface area contributed by atoms with Crippen molar-refractivity contribution in [2.24, 2.45) is 0 Å². The van der Waals surface area contributed by atoms with E-state index >= 15 is 0 Å². The van der Waals surface area contributed by atoms with Gasteiger partial charge in [0.25, 0.3) is 0 Å². The smallest absolute Gasteiger partial charge is 0.0314 e. The molecule has 2 heteroatoms. The van der Waals surface area contributed by atoms with Gasteiger partial charge >= 0.3 is 0 Å². The Balaban J connectivity index is 3.46. The average molecular weight is 395 g/mol. The van der Waals surface area contributed by atoms with Crippen molar-refractivity contribution in [3.05, 3.63) is 31.3 Å². The summed E-state index contributed by atoms with van der Waals surface area (Å²) in [5, 5.41) is 0. The van der Waals surface area contributed by atoms with E-state index in [-0.39, 0.29) is 10.8 Å². The van der Waals surface area contributed by atoms with Crippen LogP contribution in [0.4, 0.5) is 0 Å². The van der Waals surface area contributed by atoms with Gasteiger partial charge < -0.3 is 0 Å². The highest BCUT2D eigenvalue weighted by molar-refractivity contribution is 14.1. The van der Waals surface area contributed by atoms with Crippen LogP contribution in [0.15, 0.2) is 16.6 Å². The third-order valence-electron chi connectivity index (χ3n) is 2.70. The Kier molecular flexibility index (Phi) is 4.17. The molecule has 0 nitrogen and oxygen atoms in total. The molecule has 0 atom stereocenters. The molecule has 16 heavy (non-hydrogen) atoms. The fourth-order valence-corrected chi connectivity index (χ4v) is 3.15. The van der Waals surface area contributed by atoms with E-state index in [1.807, 2.05) is 0 Å². The first kappa shape index (κ1) is 14.5. The average Bonchev–Trinajstić information content (AvgIpc) is 2.05. The zero-order valence-corrected chi connectivity index (χ0v) is 14.7. The second-order valence-corrected chi connectivity index (χ2v) is 8.25. The highest BCUT2D eigenvalue weighted by Gasteiger charge is 2.23. The Labute approximate surface area is 121 Å². The molecule has 0 heterocycles. The molecule has 1 rings (SSSR count). The van der Waals surface area contributed by atoms with E-state index in [0.29, 0.717) is 0 Å². The third-order valence-corrected chi connectivity index (χ3v) is 5.23. The predicted octanol–water partition coefficient (Wildman–Crippen LogP) is 5.65. The number of hydrogen-bond acceptors (Lipinski definition) is 0. The van der Waals surface area contributed by atoms with Crippen molar-refractivity contribution in [1.29, 1.82) is 0 Å². The maximum absolute atomic E-state index is 3.67. The molecule has 0 N–H and O–H groups in total. The topological polar surface area (TPSA) is 0 Å². The normalized spacial score (nSPS) is 13.0. The molecule has 0 aliphatic carbocycles. The molecule has 0 amide bonds. The van der Waals surface area contributed by atoms with Gasteiger partial charge in [-0.25, -0.2) is 0 Å². The number of hydrogen-bond donors (Lipinski definition) is 0. The molecule has 0 saturated carbocycles. The minimum absolute atomic E-state index is 0.195. The SMILES string of the molecule is CC(C)(C)c1cc(Br)c(I)c(C(C)(C)C)c1. The van der Waals surface area contributed by atoms with E-state index in [1.165, 1.54) is 19.2 Å². The lowest BCUT2D eigenvalue weighted by atomic mass is 9.81. The number of halogens is 2. The van der Waals surface area contributed by atoms with Gasteiger partial charge in [-0.15, -0.1) is 0 Å². The second kappa shape index (κ2) is 4.60. The summed E-state index contributed by atoms with van der Waals surface area (Å²) in [6.07, 6.45) is 0. The van der Waals surface area contributed by atoms with E-state index < -0.39 is 0 Å². The van der Waals surface area contributed by atoms with E-state index in [9.17, 15) is 0 Å². The maximum Gasteiger partial charge on any atom is 0.0314 e. The minimum atomic E-state index is 0.195. The fraction of sp³-hybridized carbons (Fsp3) is 0.571. The molecular formula is C14H20BrI. The van der Waals surface area contributed by atoms with Gasteiger partial charge in [0.2, 0.25) is 0 Å².